The minimum atomic E-state index is 0.521. The summed E-state index contributed by atoms with van der Waals surface area (Å²) in [5.74, 6) is 0. The third-order valence-electron chi connectivity index (χ3n) is 7.64. The summed E-state index contributed by atoms with van der Waals surface area (Å²) in [7, 11) is 0. The third-order valence-corrected chi connectivity index (χ3v) is 7.96. The molecule has 2 bridgehead atoms. The largest absolute Gasteiger partial charge is 0.398 e. The van der Waals surface area contributed by atoms with Gasteiger partial charge in [-0.25, -0.2) is 9.50 Å². The van der Waals surface area contributed by atoms with Crippen molar-refractivity contribution >= 4 is 34.8 Å². The molecular weight excluding hydrogens is 496 g/mol. The minimum absolute atomic E-state index is 0.521. The molecule has 3 aromatic heterocycles. The number of rotatable bonds is 5. The lowest BCUT2D eigenvalue weighted by atomic mass is 9.96. The van der Waals surface area contributed by atoms with E-state index in [2.05, 4.69) is 33.4 Å². The van der Waals surface area contributed by atoms with Gasteiger partial charge in [0, 0.05) is 78.0 Å². The van der Waals surface area contributed by atoms with Crippen molar-refractivity contribution in [2.75, 3.05) is 23.7 Å². The number of benzene rings is 2. The van der Waals surface area contributed by atoms with Crippen molar-refractivity contribution in [1.82, 2.24) is 24.9 Å². The molecule has 2 aliphatic heterocycles. The van der Waals surface area contributed by atoms with Crippen LogP contribution in [0.4, 0.5) is 11.4 Å². The predicted molar refractivity (Wildman–Crippen MR) is 152 cm³/mol. The molecule has 8 nitrogen and oxygen atoms in total. The number of piperazine rings is 1. The van der Waals surface area contributed by atoms with E-state index in [4.69, 9.17) is 32.8 Å². The van der Waals surface area contributed by atoms with Crippen molar-refractivity contribution in [2.24, 2.45) is 0 Å². The van der Waals surface area contributed by atoms with E-state index in [1.54, 1.807) is 24.7 Å². The van der Waals surface area contributed by atoms with Gasteiger partial charge in [-0.3, -0.25) is 4.98 Å². The quantitative estimate of drug-likeness (QED) is 0.224. The SMILES string of the molecule is N=Cc1c(N)cccc1-c1c(-c2ccncc2)nn2c(-c3ccc(N4C[C@@H]5C[C@H]4CN5)cc3Cl)ccnc12. The number of nitrogens with two attached hydrogens (primary N) is 1. The van der Waals surface area contributed by atoms with Crippen LogP contribution in [0.1, 0.15) is 12.0 Å². The number of anilines is 2. The van der Waals surface area contributed by atoms with Crippen LogP contribution in [0.3, 0.4) is 0 Å². The molecule has 2 saturated heterocycles. The summed E-state index contributed by atoms with van der Waals surface area (Å²) in [6.07, 6.45) is 7.72. The summed E-state index contributed by atoms with van der Waals surface area (Å²) < 4.78 is 1.84. The first kappa shape index (κ1) is 22.9. The van der Waals surface area contributed by atoms with Gasteiger partial charge >= 0.3 is 0 Å². The van der Waals surface area contributed by atoms with Gasteiger partial charge in [0.05, 0.1) is 16.3 Å². The van der Waals surface area contributed by atoms with E-state index >= 15 is 0 Å². The number of nitrogens with one attached hydrogen (secondary N) is 2. The molecule has 5 aromatic rings. The Morgan fingerprint density at radius 2 is 1.92 bits per heavy atom. The van der Waals surface area contributed by atoms with Gasteiger partial charge < -0.3 is 21.4 Å². The molecule has 0 radical (unpaired) electrons. The zero-order chi connectivity index (χ0) is 25.8. The van der Waals surface area contributed by atoms with Crippen LogP contribution >= 0.6 is 11.6 Å². The first-order valence-corrected chi connectivity index (χ1v) is 13.0. The summed E-state index contributed by atoms with van der Waals surface area (Å²) in [4.78, 5) is 11.4. The van der Waals surface area contributed by atoms with Gasteiger partial charge in [-0.05, 0) is 54.4 Å². The molecule has 0 amide bonds. The van der Waals surface area contributed by atoms with E-state index in [1.807, 2.05) is 34.8 Å². The van der Waals surface area contributed by atoms with E-state index in [9.17, 15) is 0 Å². The molecule has 5 heterocycles. The standard InChI is InChI=1S/C29H25ClN8/c30-24-13-19(37-16-18-12-20(37)15-35-18)4-5-22(24)26-8-11-34-29-27(21-2-1-3-25(32)23(21)14-31)28(36-38(26)29)17-6-9-33-10-7-17/h1-11,13-14,18,20,31,35H,12,15-16,32H2/t18-,20-/m0/s1. The van der Waals surface area contributed by atoms with Crippen LogP contribution in [-0.4, -0.2) is 51.0 Å². The van der Waals surface area contributed by atoms with E-state index in [0.717, 1.165) is 52.4 Å². The maximum absolute atomic E-state index is 8.05. The fourth-order valence-electron chi connectivity index (χ4n) is 5.84. The second-order valence-corrected chi connectivity index (χ2v) is 10.2. The fraction of sp³-hybridized carbons (Fsp3) is 0.172. The number of hydrogen-bond donors (Lipinski definition) is 3. The first-order valence-electron chi connectivity index (χ1n) is 12.6. The van der Waals surface area contributed by atoms with Gasteiger partial charge in [-0.15, -0.1) is 0 Å². The number of nitrogens with zero attached hydrogens (tertiary/aromatic N) is 5. The summed E-state index contributed by atoms with van der Waals surface area (Å²) in [6.45, 7) is 2.03. The lowest BCUT2D eigenvalue weighted by Gasteiger charge is -2.30. The summed E-state index contributed by atoms with van der Waals surface area (Å²) >= 11 is 6.94. The predicted octanol–water partition coefficient (Wildman–Crippen LogP) is 4.91. The Labute approximate surface area is 224 Å². The first-order chi connectivity index (χ1) is 18.6. The zero-order valence-electron chi connectivity index (χ0n) is 20.5. The molecule has 2 fully saturated rings. The van der Waals surface area contributed by atoms with E-state index in [-0.39, 0.29) is 0 Å². The summed E-state index contributed by atoms with van der Waals surface area (Å²) in [5.41, 5.74) is 14.2. The van der Waals surface area contributed by atoms with Crippen LogP contribution in [0.15, 0.2) is 73.2 Å². The number of pyridine rings is 1. The monoisotopic (exact) mass is 520 g/mol. The maximum Gasteiger partial charge on any atom is 0.164 e. The van der Waals surface area contributed by atoms with Crippen LogP contribution in [0, 0.1) is 5.41 Å². The average molecular weight is 521 g/mol. The molecule has 38 heavy (non-hydrogen) atoms. The van der Waals surface area contributed by atoms with Gasteiger partial charge in [-0.2, -0.15) is 5.10 Å². The van der Waals surface area contributed by atoms with Crippen molar-refractivity contribution in [1.29, 1.82) is 5.41 Å². The van der Waals surface area contributed by atoms with Gasteiger partial charge in [0.2, 0.25) is 0 Å². The summed E-state index contributed by atoms with van der Waals surface area (Å²) in [6, 6.07) is 18.8. The molecule has 188 valence electrons. The van der Waals surface area contributed by atoms with Gasteiger partial charge in [0.25, 0.3) is 0 Å². The van der Waals surface area contributed by atoms with Gasteiger partial charge in [0.1, 0.15) is 5.69 Å². The average Bonchev–Trinajstić information content (AvgIpc) is 3.68. The van der Waals surface area contributed by atoms with Crippen molar-refractivity contribution in [3.8, 4) is 33.6 Å². The van der Waals surface area contributed by atoms with Gasteiger partial charge in [-0.1, -0.05) is 23.7 Å². The Morgan fingerprint density at radius 1 is 1.05 bits per heavy atom. The van der Waals surface area contributed by atoms with E-state index < -0.39 is 0 Å². The minimum Gasteiger partial charge on any atom is -0.398 e. The number of hydrogen-bond acceptors (Lipinski definition) is 7. The molecule has 0 aliphatic carbocycles. The Bertz CT molecular complexity index is 1700. The van der Waals surface area contributed by atoms with Crippen molar-refractivity contribution < 1.29 is 0 Å². The second kappa shape index (κ2) is 8.93. The molecule has 2 aliphatic rings. The van der Waals surface area contributed by atoms with Crippen molar-refractivity contribution in [3.05, 3.63) is 83.8 Å². The van der Waals surface area contributed by atoms with E-state index in [0.29, 0.717) is 34.0 Å². The van der Waals surface area contributed by atoms with Crippen LogP contribution in [0.5, 0.6) is 0 Å². The zero-order valence-corrected chi connectivity index (χ0v) is 21.2. The molecule has 0 spiro atoms. The van der Waals surface area contributed by atoms with Crippen molar-refractivity contribution in [3.63, 3.8) is 0 Å². The summed E-state index contributed by atoms with van der Waals surface area (Å²) in [5, 5.41) is 17.3. The third kappa shape index (κ3) is 3.56. The Morgan fingerprint density at radius 3 is 2.66 bits per heavy atom. The van der Waals surface area contributed by atoms with Crippen LogP contribution < -0.4 is 16.0 Å². The molecule has 2 aromatic carbocycles. The Balaban J connectivity index is 1.42. The molecule has 9 heteroatoms. The number of halogens is 1. The van der Waals surface area contributed by atoms with Crippen LogP contribution in [0.25, 0.3) is 39.3 Å². The van der Waals surface area contributed by atoms with E-state index in [1.165, 1.54) is 12.6 Å². The second-order valence-electron chi connectivity index (χ2n) is 9.79. The normalized spacial score (nSPS) is 18.4. The van der Waals surface area contributed by atoms with Crippen LogP contribution in [0.2, 0.25) is 5.02 Å². The lowest BCUT2D eigenvalue weighted by molar-refractivity contribution is 0.580. The number of nitrogen functional groups attached to an aromatic ring is 1. The number of fused-ring (bicyclic) bond motifs is 3. The highest BCUT2D eigenvalue weighted by Crippen LogP contribution is 2.40. The maximum atomic E-state index is 8.05. The highest BCUT2D eigenvalue weighted by Gasteiger charge is 2.37. The highest BCUT2D eigenvalue weighted by molar-refractivity contribution is 6.33. The molecular formula is C29H25ClN8. The van der Waals surface area contributed by atoms with Crippen molar-refractivity contribution in [2.45, 2.75) is 18.5 Å². The lowest BCUT2D eigenvalue weighted by Crippen LogP contribution is -2.43. The molecule has 2 atom stereocenters. The van der Waals surface area contributed by atoms with Crippen LogP contribution in [-0.2, 0) is 0 Å². The van der Waals surface area contributed by atoms with Gasteiger partial charge in [0.15, 0.2) is 5.65 Å². The highest BCUT2D eigenvalue weighted by atomic mass is 35.5. The smallest absolute Gasteiger partial charge is 0.164 e. The Kier molecular flexibility index (Phi) is 5.38. The molecule has 0 unspecified atom stereocenters. The fourth-order valence-corrected chi connectivity index (χ4v) is 6.11. The molecule has 0 saturated carbocycles. The Hall–Kier alpha value is -4.27. The molecule has 4 N–H and O–H groups in total. The molecule has 7 rings (SSSR count). The topological polar surface area (TPSA) is 108 Å². The number of aromatic nitrogens is 4.